The first-order valence-electron chi connectivity index (χ1n) is 11.4. The van der Waals surface area contributed by atoms with Gasteiger partial charge in [0.15, 0.2) is 0 Å². The van der Waals surface area contributed by atoms with Crippen molar-refractivity contribution in [3.05, 3.63) is 54.4 Å². The molecule has 8 nitrogen and oxygen atoms in total. The van der Waals surface area contributed by atoms with Gasteiger partial charge in [0, 0.05) is 51.1 Å². The lowest BCUT2D eigenvalue weighted by Gasteiger charge is -2.34. The molecule has 0 bridgehead atoms. The zero-order chi connectivity index (χ0) is 23.3. The highest BCUT2D eigenvalue weighted by Gasteiger charge is 2.35. The predicted octanol–water partition coefficient (Wildman–Crippen LogP) is 2.70. The molecule has 1 aromatic carbocycles. The summed E-state index contributed by atoms with van der Waals surface area (Å²) in [6.07, 6.45) is 6.53. The summed E-state index contributed by atoms with van der Waals surface area (Å²) in [4.78, 5) is 19.7. The average Bonchev–Trinajstić information content (AvgIpc) is 3.37. The van der Waals surface area contributed by atoms with Gasteiger partial charge in [-0.1, -0.05) is 6.07 Å². The van der Waals surface area contributed by atoms with Gasteiger partial charge >= 0.3 is 0 Å². The van der Waals surface area contributed by atoms with E-state index in [0.717, 1.165) is 25.0 Å². The number of nitrogens with zero attached hydrogens (tertiary/aromatic N) is 3. The summed E-state index contributed by atoms with van der Waals surface area (Å²) in [5.41, 5.74) is 0.975. The normalized spacial score (nSPS) is 20.0. The molecule has 0 spiro atoms. The summed E-state index contributed by atoms with van der Waals surface area (Å²) in [7, 11) is -2.06. The van der Waals surface area contributed by atoms with Crippen LogP contribution in [0.2, 0.25) is 0 Å². The topological polar surface area (TPSA) is 89.0 Å². The second kappa shape index (κ2) is 10.6. The molecule has 1 unspecified atom stereocenters. The SMILES string of the molecule is COc1ccc(S(=O)(=O)N2CCC(C(=O)N(Cc3cccnc3)CC3CCCO3)CC2)cc1. The van der Waals surface area contributed by atoms with Gasteiger partial charge in [0.25, 0.3) is 0 Å². The highest BCUT2D eigenvalue weighted by atomic mass is 32.2. The first-order valence-corrected chi connectivity index (χ1v) is 12.8. The van der Waals surface area contributed by atoms with E-state index in [2.05, 4.69) is 4.98 Å². The minimum atomic E-state index is -3.60. The lowest BCUT2D eigenvalue weighted by atomic mass is 9.96. The van der Waals surface area contributed by atoms with Gasteiger partial charge in [-0.05, 0) is 61.6 Å². The Hall–Kier alpha value is -2.49. The molecule has 2 fully saturated rings. The zero-order valence-corrected chi connectivity index (χ0v) is 19.7. The van der Waals surface area contributed by atoms with Crippen molar-refractivity contribution < 1.29 is 22.7 Å². The molecule has 0 N–H and O–H groups in total. The van der Waals surface area contributed by atoms with E-state index in [9.17, 15) is 13.2 Å². The number of pyridine rings is 1. The molecule has 2 aliphatic heterocycles. The van der Waals surface area contributed by atoms with Crippen LogP contribution < -0.4 is 4.74 Å². The molecule has 1 atom stereocenters. The number of aromatic nitrogens is 1. The van der Waals surface area contributed by atoms with Gasteiger partial charge in [0.2, 0.25) is 15.9 Å². The maximum Gasteiger partial charge on any atom is 0.243 e. The van der Waals surface area contributed by atoms with Gasteiger partial charge < -0.3 is 14.4 Å². The number of ether oxygens (including phenoxy) is 2. The summed E-state index contributed by atoms with van der Waals surface area (Å²) in [6.45, 7) is 2.42. The summed E-state index contributed by atoms with van der Waals surface area (Å²) in [5, 5.41) is 0. The Bertz CT molecular complexity index is 1020. The monoisotopic (exact) mass is 473 g/mol. The highest BCUT2D eigenvalue weighted by Crippen LogP contribution is 2.27. The third-order valence-corrected chi connectivity index (χ3v) is 8.27. The number of rotatable bonds is 8. The molecule has 4 rings (SSSR count). The van der Waals surface area contributed by atoms with E-state index in [1.807, 2.05) is 17.0 Å². The van der Waals surface area contributed by atoms with Gasteiger partial charge in [-0.3, -0.25) is 9.78 Å². The second-order valence-electron chi connectivity index (χ2n) is 8.57. The summed E-state index contributed by atoms with van der Waals surface area (Å²) >= 11 is 0. The molecule has 1 amide bonds. The van der Waals surface area contributed by atoms with E-state index < -0.39 is 10.0 Å². The molecule has 2 aliphatic rings. The molecule has 0 saturated carbocycles. The fourth-order valence-electron chi connectivity index (χ4n) is 4.48. The van der Waals surface area contributed by atoms with Crippen LogP contribution in [0.4, 0.5) is 0 Å². The van der Waals surface area contributed by atoms with Gasteiger partial charge in [0.1, 0.15) is 5.75 Å². The van der Waals surface area contributed by atoms with Crippen LogP contribution in [0.1, 0.15) is 31.2 Å². The Morgan fingerprint density at radius 2 is 1.94 bits per heavy atom. The Kier molecular flexibility index (Phi) is 7.62. The minimum Gasteiger partial charge on any atom is -0.497 e. The third-order valence-electron chi connectivity index (χ3n) is 6.36. The molecular formula is C24H31N3O5S. The van der Waals surface area contributed by atoms with Crippen LogP contribution >= 0.6 is 0 Å². The van der Waals surface area contributed by atoms with E-state index in [4.69, 9.17) is 9.47 Å². The number of sulfonamides is 1. The number of hydrogen-bond donors (Lipinski definition) is 0. The van der Waals surface area contributed by atoms with Gasteiger partial charge in [-0.2, -0.15) is 4.31 Å². The van der Waals surface area contributed by atoms with Crippen molar-refractivity contribution >= 4 is 15.9 Å². The Morgan fingerprint density at radius 1 is 1.18 bits per heavy atom. The van der Waals surface area contributed by atoms with Crippen molar-refractivity contribution in [3.63, 3.8) is 0 Å². The first-order chi connectivity index (χ1) is 16.0. The largest absolute Gasteiger partial charge is 0.497 e. The van der Waals surface area contributed by atoms with E-state index in [-0.39, 0.29) is 22.8 Å². The van der Waals surface area contributed by atoms with Crippen molar-refractivity contribution in [3.8, 4) is 5.75 Å². The van der Waals surface area contributed by atoms with Crippen LogP contribution in [0.3, 0.4) is 0 Å². The summed E-state index contributed by atoms with van der Waals surface area (Å²) in [5.74, 6) is 0.472. The first kappa shape index (κ1) is 23.7. The van der Waals surface area contributed by atoms with Crippen LogP contribution in [0.5, 0.6) is 5.75 Å². The second-order valence-corrected chi connectivity index (χ2v) is 10.5. The van der Waals surface area contributed by atoms with Crippen molar-refractivity contribution in [1.29, 1.82) is 0 Å². The van der Waals surface area contributed by atoms with Crippen LogP contribution in [0.15, 0.2) is 53.7 Å². The molecule has 0 radical (unpaired) electrons. The lowest BCUT2D eigenvalue weighted by Crippen LogP contribution is -2.45. The van der Waals surface area contributed by atoms with Crippen LogP contribution in [0, 0.1) is 5.92 Å². The summed E-state index contributed by atoms with van der Waals surface area (Å²) in [6, 6.07) is 10.2. The predicted molar refractivity (Wildman–Crippen MR) is 123 cm³/mol. The van der Waals surface area contributed by atoms with E-state index in [1.165, 1.54) is 4.31 Å². The smallest absolute Gasteiger partial charge is 0.243 e. The van der Waals surface area contributed by atoms with Crippen molar-refractivity contribution in [2.45, 2.75) is 43.2 Å². The highest BCUT2D eigenvalue weighted by molar-refractivity contribution is 7.89. The van der Waals surface area contributed by atoms with Gasteiger partial charge in [-0.25, -0.2) is 8.42 Å². The molecule has 2 aromatic rings. The van der Waals surface area contributed by atoms with E-state index in [1.54, 1.807) is 43.8 Å². The van der Waals surface area contributed by atoms with Crippen LogP contribution in [-0.2, 0) is 26.1 Å². The van der Waals surface area contributed by atoms with E-state index >= 15 is 0 Å². The fraction of sp³-hybridized carbons (Fsp3) is 0.500. The number of methoxy groups -OCH3 is 1. The molecule has 2 saturated heterocycles. The zero-order valence-electron chi connectivity index (χ0n) is 18.9. The molecular weight excluding hydrogens is 442 g/mol. The molecule has 33 heavy (non-hydrogen) atoms. The number of piperidine rings is 1. The van der Waals surface area contributed by atoms with Crippen LogP contribution in [0.25, 0.3) is 0 Å². The Labute approximate surface area is 195 Å². The minimum absolute atomic E-state index is 0.0566. The maximum absolute atomic E-state index is 13.5. The Morgan fingerprint density at radius 3 is 2.55 bits per heavy atom. The third kappa shape index (κ3) is 5.72. The van der Waals surface area contributed by atoms with Crippen molar-refractivity contribution in [2.24, 2.45) is 5.92 Å². The molecule has 9 heteroatoms. The molecule has 1 aromatic heterocycles. The fourth-order valence-corrected chi connectivity index (χ4v) is 5.95. The van der Waals surface area contributed by atoms with Gasteiger partial charge in [0.05, 0.1) is 18.1 Å². The molecule has 0 aliphatic carbocycles. The van der Waals surface area contributed by atoms with Crippen molar-refractivity contribution in [2.75, 3.05) is 33.4 Å². The van der Waals surface area contributed by atoms with Crippen LogP contribution in [-0.4, -0.2) is 68.0 Å². The average molecular weight is 474 g/mol. The lowest BCUT2D eigenvalue weighted by molar-refractivity contribution is -0.139. The van der Waals surface area contributed by atoms with Crippen molar-refractivity contribution in [1.82, 2.24) is 14.2 Å². The quantitative estimate of drug-likeness (QED) is 0.586. The maximum atomic E-state index is 13.5. The standard InChI is InChI=1S/C24H31N3O5S/c1-31-21-6-8-23(9-7-21)33(29,30)27-13-10-20(11-14-27)24(28)26(18-22-5-3-15-32-22)17-19-4-2-12-25-16-19/h2,4,6-9,12,16,20,22H,3,5,10-11,13-15,17-18H2,1H3. The number of benzene rings is 1. The summed E-state index contributed by atoms with van der Waals surface area (Å²) < 4.78 is 38.4. The number of carbonyl (C=O) groups excluding carboxylic acids is 1. The molecule has 3 heterocycles. The Balaban J connectivity index is 1.41. The number of amides is 1. The van der Waals surface area contributed by atoms with E-state index in [0.29, 0.717) is 44.8 Å². The van der Waals surface area contributed by atoms with Gasteiger partial charge in [-0.15, -0.1) is 0 Å². The number of carbonyl (C=O) groups is 1. The number of hydrogen-bond acceptors (Lipinski definition) is 6. The molecule has 178 valence electrons.